The second kappa shape index (κ2) is 8.64. The maximum atomic E-state index is 12.0. The molecular weight excluding hydrogens is 374 g/mol. The van der Waals surface area contributed by atoms with Gasteiger partial charge in [-0.2, -0.15) is 0 Å². The summed E-state index contributed by atoms with van der Waals surface area (Å²) in [4.78, 5) is 28.9. The van der Waals surface area contributed by atoms with Gasteiger partial charge in [0.2, 0.25) is 5.91 Å². The number of hydrogen-bond acceptors (Lipinski definition) is 5. The molecular formula is C18H16ClN3O3S. The smallest absolute Gasteiger partial charge is 0.286 e. The lowest BCUT2D eigenvalue weighted by atomic mass is 10.1. The molecule has 6 nitrogen and oxygen atoms in total. The van der Waals surface area contributed by atoms with E-state index in [0.29, 0.717) is 16.6 Å². The van der Waals surface area contributed by atoms with Gasteiger partial charge in [0.1, 0.15) is 0 Å². The van der Waals surface area contributed by atoms with Gasteiger partial charge in [-0.15, -0.1) is 11.3 Å². The number of aromatic nitrogens is 1. The lowest BCUT2D eigenvalue weighted by Crippen LogP contribution is -2.27. The van der Waals surface area contributed by atoms with Gasteiger partial charge in [0.25, 0.3) is 5.91 Å². The van der Waals surface area contributed by atoms with Gasteiger partial charge >= 0.3 is 0 Å². The van der Waals surface area contributed by atoms with E-state index in [0.717, 1.165) is 10.4 Å². The molecule has 2 amide bonds. The average Bonchev–Trinajstić information content (AvgIpc) is 3.29. The van der Waals surface area contributed by atoms with Gasteiger partial charge in [-0.05, 0) is 23.8 Å². The molecule has 0 aliphatic heterocycles. The fraction of sp³-hybridized carbons (Fsp3) is 0.167. The fourth-order valence-electron chi connectivity index (χ4n) is 2.24. The molecule has 1 aromatic carbocycles. The minimum absolute atomic E-state index is 0.145. The zero-order valence-corrected chi connectivity index (χ0v) is 15.3. The summed E-state index contributed by atoms with van der Waals surface area (Å²) in [6.45, 7) is 0.212. The molecule has 0 aliphatic rings. The standard InChI is InChI=1S/C18H16ClN3O3S/c19-14-5-2-1-4-12(14)10-13-11-21-18(26-13)22-16(23)7-8-20-17(24)15-6-3-9-25-15/h1-6,9,11H,7-8,10H2,(H,20,24)(H,21,22,23). The van der Waals surface area contributed by atoms with E-state index in [1.807, 2.05) is 24.3 Å². The minimum Gasteiger partial charge on any atom is -0.459 e. The molecule has 134 valence electrons. The summed E-state index contributed by atoms with van der Waals surface area (Å²) in [7, 11) is 0. The molecule has 0 fully saturated rings. The van der Waals surface area contributed by atoms with Crippen LogP contribution in [0.25, 0.3) is 0 Å². The maximum absolute atomic E-state index is 12.0. The number of nitrogens with one attached hydrogen (secondary N) is 2. The van der Waals surface area contributed by atoms with Crippen LogP contribution in [0.5, 0.6) is 0 Å². The Morgan fingerprint density at radius 2 is 2.04 bits per heavy atom. The van der Waals surface area contributed by atoms with Gasteiger partial charge < -0.3 is 15.1 Å². The van der Waals surface area contributed by atoms with E-state index in [-0.39, 0.29) is 30.5 Å². The van der Waals surface area contributed by atoms with E-state index in [1.54, 1.807) is 18.3 Å². The highest BCUT2D eigenvalue weighted by Crippen LogP contribution is 2.24. The number of hydrogen-bond donors (Lipinski definition) is 2. The maximum Gasteiger partial charge on any atom is 0.286 e. The molecule has 3 aromatic rings. The first-order valence-corrected chi connectivity index (χ1v) is 9.11. The molecule has 0 bridgehead atoms. The van der Waals surface area contributed by atoms with Crippen LogP contribution in [-0.4, -0.2) is 23.3 Å². The molecule has 0 atom stereocenters. The SMILES string of the molecule is O=C(CCNC(=O)c1ccco1)Nc1ncc(Cc2ccccc2Cl)s1. The third-order valence-corrected chi connectivity index (χ3v) is 4.79. The van der Waals surface area contributed by atoms with Crippen molar-refractivity contribution in [3.63, 3.8) is 0 Å². The highest BCUT2D eigenvalue weighted by molar-refractivity contribution is 7.15. The summed E-state index contributed by atoms with van der Waals surface area (Å²) in [5, 5.41) is 6.58. The Hall–Kier alpha value is -2.64. The lowest BCUT2D eigenvalue weighted by Gasteiger charge is -2.03. The molecule has 0 radical (unpaired) electrons. The van der Waals surface area contributed by atoms with Crippen LogP contribution < -0.4 is 10.6 Å². The van der Waals surface area contributed by atoms with Crippen molar-refractivity contribution in [3.05, 3.63) is 70.1 Å². The molecule has 8 heteroatoms. The molecule has 26 heavy (non-hydrogen) atoms. The molecule has 0 aliphatic carbocycles. The largest absolute Gasteiger partial charge is 0.459 e. The van der Waals surface area contributed by atoms with Crippen LogP contribution in [-0.2, 0) is 11.2 Å². The van der Waals surface area contributed by atoms with E-state index in [1.165, 1.54) is 17.6 Å². The Morgan fingerprint density at radius 1 is 1.19 bits per heavy atom. The first kappa shape index (κ1) is 18.2. The van der Waals surface area contributed by atoms with E-state index in [2.05, 4.69) is 15.6 Å². The summed E-state index contributed by atoms with van der Waals surface area (Å²) < 4.78 is 4.98. The Labute approximate surface area is 159 Å². The number of halogens is 1. The number of rotatable bonds is 7. The molecule has 0 unspecified atom stereocenters. The summed E-state index contributed by atoms with van der Waals surface area (Å²) in [5.74, 6) is -0.350. The summed E-state index contributed by atoms with van der Waals surface area (Å²) >= 11 is 7.56. The van der Waals surface area contributed by atoms with Crippen LogP contribution >= 0.6 is 22.9 Å². The Bertz CT molecular complexity index is 893. The molecule has 2 aromatic heterocycles. The molecule has 0 saturated carbocycles. The number of nitrogens with zero attached hydrogens (tertiary/aromatic N) is 1. The predicted octanol–water partition coefficient (Wildman–Crippen LogP) is 3.74. The lowest BCUT2D eigenvalue weighted by molar-refractivity contribution is -0.116. The summed E-state index contributed by atoms with van der Waals surface area (Å²) in [6.07, 6.45) is 3.95. The van der Waals surface area contributed by atoms with E-state index in [4.69, 9.17) is 16.0 Å². The van der Waals surface area contributed by atoms with Gasteiger partial charge in [-0.25, -0.2) is 4.98 Å². The topological polar surface area (TPSA) is 84.2 Å². The number of anilines is 1. The summed E-state index contributed by atoms with van der Waals surface area (Å²) in [5.41, 5.74) is 1.01. The molecule has 2 N–H and O–H groups in total. The van der Waals surface area contributed by atoms with E-state index in [9.17, 15) is 9.59 Å². The van der Waals surface area contributed by atoms with Gasteiger partial charge in [-0.1, -0.05) is 29.8 Å². The van der Waals surface area contributed by atoms with Crippen molar-refractivity contribution in [2.24, 2.45) is 0 Å². The van der Waals surface area contributed by atoms with Crippen molar-refractivity contribution >= 4 is 39.9 Å². The van der Waals surface area contributed by atoms with Crippen LogP contribution in [0.15, 0.2) is 53.3 Å². The van der Waals surface area contributed by atoms with Crippen molar-refractivity contribution in [2.45, 2.75) is 12.8 Å². The Morgan fingerprint density at radius 3 is 2.81 bits per heavy atom. The van der Waals surface area contributed by atoms with Gasteiger partial charge in [0.05, 0.1) is 6.26 Å². The van der Waals surface area contributed by atoms with Crippen LogP contribution in [0, 0.1) is 0 Å². The number of carbonyl (C=O) groups is 2. The van der Waals surface area contributed by atoms with Crippen LogP contribution in [0.3, 0.4) is 0 Å². The van der Waals surface area contributed by atoms with Crippen LogP contribution in [0.1, 0.15) is 27.4 Å². The first-order valence-electron chi connectivity index (χ1n) is 7.91. The monoisotopic (exact) mass is 389 g/mol. The first-order chi connectivity index (χ1) is 12.6. The Balaban J connectivity index is 1.45. The molecule has 0 spiro atoms. The highest BCUT2D eigenvalue weighted by Gasteiger charge is 2.11. The number of amides is 2. The second-order valence-electron chi connectivity index (χ2n) is 5.43. The number of thiazole rings is 1. The highest BCUT2D eigenvalue weighted by atomic mass is 35.5. The molecule has 2 heterocycles. The third-order valence-electron chi connectivity index (χ3n) is 3.51. The van der Waals surface area contributed by atoms with Crippen molar-refractivity contribution < 1.29 is 14.0 Å². The quantitative estimate of drug-likeness (QED) is 0.644. The molecule has 0 saturated heterocycles. The van der Waals surface area contributed by atoms with Gasteiger partial charge in [-0.3, -0.25) is 9.59 Å². The number of carbonyl (C=O) groups excluding carboxylic acids is 2. The fourth-order valence-corrected chi connectivity index (χ4v) is 3.30. The van der Waals surface area contributed by atoms with Crippen molar-refractivity contribution in [1.29, 1.82) is 0 Å². The zero-order chi connectivity index (χ0) is 18.4. The number of furan rings is 1. The molecule has 3 rings (SSSR count). The average molecular weight is 390 g/mol. The predicted molar refractivity (Wildman–Crippen MR) is 101 cm³/mol. The summed E-state index contributed by atoms with van der Waals surface area (Å²) in [6, 6.07) is 10.8. The second-order valence-corrected chi connectivity index (χ2v) is 6.95. The minimum atomic E-state index is -0.348. The van der Waals surface area contributed by atoms with Crippen LogP contribution in [0.4, 0.5) is 5.13 Å². The Kier molecular flexibility index (Phi) is 6.04. The van der Waals surface area contributed by atoms with E-state index >= 15 is 0 Å². The van der Waals surface area contributed by atoms with Crippen molar-refractivity contribution in [3.8, 4) is 0 Å². The van der Waals surface area contributed by atoms with Crippen molar-refractivity contribution in [2.75, 3.05) is 11.9 Å². The van der Waals surface area contributed by atoms with Gasteiger partial charge in [0.15, 0.2) is 10.9 Å². The zero-order valence-electron chi connectivity index (χ0n) is 13.7. The van der Waals surface area contributed by atoms with Gasteiger partial charge in [0, 0.05) is 35.5 Å². The normalized spacial score (nSPS) is 10.5. The van der Waals surface area contributed by atoms with Crippen molar-refractivity contribution in [1.82, 2.24) is 10.3 Å². The number of benzene rings is 1. The van der Waals surface area contributed by atoms with E-state index < -0.39 is 0 Å². The van der Waals surface area contributed by atoms with Crippen LogP contribution in [0.2, 0.25) is 5.02 Å². The third kappa shape index (κ3) is 4.93.